The van der Waals surface area contributed by atoms with Crippen LogP contribution in [0.3, 0.4) is 0 Å². The molecule has 17 nitrogen and oxygen atoms in total. The number of hydrogen-bond acceptors (Lipinski definition) is 14. The number of likely N-dealkylation sites (N-methyl/N-ethyl adjacent to an activating group) is 1. The number of ether oxygens (including phenoxy) is 4. The van der Waals surface area contributed by atoms with Gasteiger partial charge in [0.05, 0.1) is 46.8 Å². The number of hydrogen-bond donors (Lipinski definition) is 3. The fourth-order valence-corrected chi connectivity index (χ4v) is 11.3. The molecule has 0 saturated heterocycles. The Morgan fingerprint density at radius 3 is 2.35 bits per heavy atom. The number of oxime groups is 1. The van der Waals surface area contributed by atoms with Gasteiger partial charge in [0.1, 0.15) is 29.6 Å². The predicted octanol–water partition coefficient (Wildman–Crippen LogP) is 8.32. The van der Waals surface area contributed by atoms with E-state index in [1.165, 1.54) is 61.8 Å². The minimum atomic E-state index is -4.35. The zero-order chi connectivity index (χ0) is 49.3. The zero-order valence-corrected chi connectivity index (χ0v) is 39.6. The second-order valence-corrected chi connectivity index (χ2v) is 19.3. The fraction of sp³-hybridized carbons (Fsp3) is 0.392. The number of aliphatic hydroxyl groups excluding tert-OH is 2. The van der Waals surface area contributed by atoms with Gasteiger partial charge in [-0.3, -0.25) is 19.7 Å². The minimum Gasteiger partial charge on any atom is -0.496 e. The summed E-state index contributed by atoms with van der Waals surface area (Å²) in [4.78, 5) is 40.7. The van der Waals surface area contributed by atoms with Gasteiger partial charge in [-0.2, -0.15) is 4.31 Å². The second kappa shape index (κ2) is 22.3. The van der Waals surface area contributed by atoms with Crippen LogP contribution in [0.2, 0.25) is 0 Å². The number of amides is 1. The van der Waals surface area contributed by atoms with Crippen molar-refractivity contribution in [1.82, 2.24) is 4.31 Å². The van der Waals surface area contributed by atoms with Crippen LogP contribution in [0.4, 0.5) is 11.4 Å². The predicted molar refractivity (Wildman–Crippen MR) is 257 cm³/mol. The van der Waals surface area contributed by atoms with E-state index >= 15 is 0 Å². The van der Waals surface area contributed by atoms with Crippen LogP contribution < -0.4 is 19.5 Å². The third-order valence-corrected chi connectivity index (χ3v) is 14.9. The summed E-state index contributed by atoms with van der Waals surface area (Å²) in [5, 5.41) is 38.8. The molecule has 69 heavy (non-hydrogen) atoms. The Bertz CT molecular complexity index is 2670. The van der Waals surface area contributed by atoms with Gasteiger partial charge in [0.25, 0.3) is 5.69 Å². The van der Waals surface area contributed by atoms with Crippen molar-refractivity contribution < 1.29 is 56.9 Å². The van der Waals surface area contributed by atoms with Gasteiger partial charge in [-0.25, -0.2) is 8.42 Å². The van der Waals surface area contributed by atoms with E-state index in [-0.39, 0.29) is 61.2 Å². The molecule has 1 heterocycles. The molecule has 2 aliphatic carbocycles. The number of aldehydes is 1. The molecule has 3 N–H and O–H groups in total. The number of fused-ring (bicyclic) bond motifs is 2. The minimum absolute atomic E-state index is 0.00871. The number of anilines is 1. The Kier molecular flexibility index (Phi) is 16.3. The van der Waals surface area contributed by atoms with Gasteiger partial charge in [0.15, 0.2) is 6.29 Å². The number of sulfonamides is 1. The quantitative estimate of drug-likeness (QED) is 0.0209. The number of carbonyl (C=O) groups excluding carboxylic acids is 2. The van der Waals surface area contributed by atoms with Gasteiger partial charge in [-0.05, 0) is 121 Å². The Hall–Kier alpha value is -6.44. The summed E-state index contributed by atoms with van der Waals surface area (Å²) < 4.78 is 57.1. The van der Waals surface area contributed by atoms with Crippen molar-refractivity contribution in [3.8, 4) is 23.0 Å². The molecule has 7 rings (SSSR count). The molecule has 4 aromatic carbocycles. The van der Waals surface area contributed by atoms with Gasteiger partial charge in [-0.1, -0.05) is 30.1 Å². The fourth-order valence-electron chi connectivity index (χ4n) is 9.92. The molecule has 0 bridgehead atoms. The summed E-state index contributed by atoms with van der Waals surface area (Å²) in [5.74, 6) is -1.80. The number of rotatable bonds is 23. The van der Waals surface area contributed by atoms with Crippen LogP contribution in [-0.4, -0.2) is 91.6 Å². The summed E-state index contributed by atoms with van der Waals surface area (Å²) in [6.07, 6.45) is 8.21. The SMILES string of the molecule is C=CCO[C@@]12Oc3ccc(Oc4ccc(OC)c(C=O)c4)cc3[C@H]3[C@H](CCCCO)[C@@H](CCCCO)C=C(C(=NOCc4ccc([N+](=O)[O-])cc4)C[C@@H]1N(C)S(=O)(=O)c1ccc(NC(C)=O)cc1)[C@H]32. The second-order valence-electron chi connectivity index (χ2n) is 17.3. The van der Waals surface area contributed by atoms with Gasteiger partial charge in [0.2, 0.25) is 21.7 Å². The van der Waals surface area contributed by atoms with Crippen molar-refractivity contribution in [3.63, 3.8) is 0 Å². The lowest BCUT2D eigenvalue weighted by atomic mass is 9.55. The number of benzene rings is 4. The normalized spacial score (nSPS) is 22.1. The molecule has 18 heteroatoms. The maximum atomic E-state index is 15.0. The number of unbranched alkanes of at least 4 members (excludes halogenated alkanes) is 2. The molecule has 1 fully saturated rings. The maximum Gasteiger partial charge on any atom is 0.269 e. The summed E-state index contributed by atoms with van der Waals surface area (Å²) in [6.45, 7) is 5.23. The molecule has 4 aromatic rings. The van der Waals surface area contributed by atoms with E-state index < -0.39 is 38.6 Å². The highest BCUT2D eigenvalue weighted by Crippen LogP contribution is 2.62. The molecule has 1 amide bonds. The Balaban J connectivity index is 1.42. The Labute approximate surface area is 401 Å². The topological polar surface area (TPSA) is 226 Å². The first-order valence-corrected chi connectivity index (χ1v) is 24.3. The first kappa shape index (κ1) is 50.4. The standard InChI is InChI=1S/C51H58N4O13S/c1-5-26-65-51-48(54(3)69(62,63)41-20-14-37(15-21-41)52-33(2)59)30-45(53-66-32-34-12-16-38(17-13-34)55(60)61)43-28-35(10-6-8-24-56)42(11-7-9-25-57)49(50(43)51)44-29-40(19-23-47(44)68-51)67-39-18-22-46(64-4)36(27-39)31-58/h5,12-23,27-29,31,35,42,48-50,56-57H,1,6-11,24-26,30,32H2,2-4H3,(H,52,59)/t35-,42+,48-,49+,50+,51+/m0/s1. The molecule has 366 valence electrons. The van der Waals surface area contributed by atoms with Crippen LogP contribution in [0, 0.1) is 27.9 Å². The number of nitrogens with zero attached hydrogens (tertiary/aromatic N) is 3. The lowest BCUT2D eigenvalue weighted by Gasteiger charge is -2.59. The van der Waals surface area contributed by atoms with Gasteiger partial charge >= 0.3 is 0 Å². The van der Waals surface area contributed by atoms with Crippen molar-refractivity contribution in [3.05, 3.63) is 136 Å². The third kappa shape index (κ3) is 10.9. The van der Waals surface area contributed by atoms with Crippen molar-refractivity contribution in [2.75, 3.05) is 39.3 Å². The zero-order valence-electron chi connectivity index (χ0n) is 38.8. The third-order valence-electron chi connectivity index (χ3n) is 13.1. The molecular formula is C51H58N4O13S. The van der Waals surface area contributed by atoms with E-state index in [2.05, 4.69) is 18.0 Å². The number of nitro groups is 1. The maximum absolute atomic E-state index is 15.0. The number of nitro benzene ring substituents is 1. The monoisotopic (exact) mass is 966 g/mol. The van der Waals surface area contributed by atoms with Crippen LogP contribution >= 0.6 is 0 Å². The summed E-state index contributed by atoms with van der Waals surface area (Å²) in [6, 6.07) is 21.0. The number of non-ortho nitro benzene ring substituents is 1. The van der Waals surface area contributed by atoms with Gasteiger partial charge < -0.3 is 39.3 Å². The van der Waals surface area contributed by atoms with Crippen molar-refractivity contribution in [1.29, 1.82) is 0 Å². The number of nitrogens with one attached hydrogen (secondary N) is 1. The number of allylic oxidation sites excluding steroid dienone is 1. The highest BCUT2D eigenvalue weighted by atomic mass is 32.2. The van der Waals surface area contributed by atoms with E-state index in [9.17, 15) is 38.3 Å². The van der Waals surface area contributed by atoms with E-state index in [0.29, 0.717) is 90.3 Å². The Morgan fingerprint density at radius 2 is 1.70 bits per heavy atom. The average molecular weight is 967 g/mol. The molecule has 0 spiro atoms. The van der Waals surface area contributed by atoms with Crippen LogP contribution in [0.25, 0.3) is 0 Å². The van der Waals surface area contributed by atoms with Crippen molar-refractivity contribution >= 4 is 39.3 Å². The molecule has 1 saturated carbocycles. The van der Waals surface area contributed by atoms with E-state index in [0.717, 1.165) is 11.1 Å². The first-order chi connectivity index (χ1) is 33.3. The first-order valence-electron chi connectivity index (χ1n) is 22.9. The summed E-state index contributed by atoms with van der Waals surface area (Å²) in [7, 11) is -1.40. The molecule has 1 aliphatic heterocycles. The van der Waals surface area contributed by atoms with Crippen LogP contribution in [-0.2, 0) is 31.0 Å². The van der Waals surface area contributed by atoms with E-state index in [1.807, 2.05) is 6.07 Å². The summed E-state index contributed by atoms with van der Waals surface area (Å²) >= 11 is 0. The van der Waals surface area contributed by atoms with Gasteiger partial charge in [0, 0.05) is 62.9 Å². The average Bonchev–Trinajstić information content (AvgIpc) is 3.34. The number of carbonyl (C=O) groups is 2. The molecular weight excluding hydrogens is 909 g/mol. The molecule has 0 unspecified atom stereocenters. The number of methoxy groups -OCH3 is 1. The van der Waals surface area contributed by atoms with E-state index in [4.69, 9.17) is 28.9 Å². The molecule has 0 radical (unpaired) electrons. The van der Waals surface area contributed by atoms with Crippen molar-refractivity contribution in [2.45, 2.75) is 81.1 Å². The van der Waals surface area contributed by atoms with Crippen LogP contribution in [0.5, 0.6) is 23.0 Å². The lowest BCUT2D eigenvalue weighted by Crippen LogP contribution is -2.69. The van der Waals surface area contributed by atoms with E-state index in [1.54, 1.807) is 48.5 Å². The number of aliphatic hydroxyl groups is 2. The Morgan fingerprint density at radius 1 is 1.00 bits per heavy atom. The molecule has 6 atom stereocenters. The molecule has 3 aliphatic rings. The van der Waals surface area contributed by atoms with Crippen LogP contribution in [0.1, 0.15) is 79.3 Å². The van der Waals surface area contributed by atoms with Gasteiger partial charge in [-0.15, -0.1) is 6.58 Å². The smallest absolute Gasteiger partial charge is 0.269 e. The largest absolute Gasteiger partial charge is 0.496 e. The lowest BCUT2D eigenvalue weighted by molar-refractivity contribution is -0.384. The summed E-state index contributed by atoms with van der Waals surface area (Å²) in [5.41, 5.74) is 3.18. The molecule has 0 aromatic heterocycles. The highest BCUT2D eigenvalue weighted by Gasteiger charge is 2.65. The van der Waals surface area contributed by atoms with Crippen molar-refractivity contribution in [2.24, 2.45) is 22.9 Å². The highest BCUT2D eigenvalue weighted by molar-refractivity contribution is 7.89. The van der Waals surface area contributed by atoms with Crippen LogP contribution in [0.15, 0.2) is 119 Å².